The van der Waals surface area contributed by atoms with Crippen LogP contribution in [0.25, 0.3) is 0 Å². The molecule has 1 aliphatic rings. The molecule has 0 aliphatic carbocycles. The number of nitrogens with zero attached hydrogens (tertiary/aromatic N) is 1. The lowest BCUT2D eigenvalue weighted by molar-refractivity contribution is -0.145. The minimum Gasteiger partial charge on any atom is -0.467 e. The average molecular weight is 459 g/mol. The molecule has 7 nitrogen and oxygen atoms in total. The summed E-state index contributed by atoms with van der Waals surface area (Å²) >= 11 is 0. The molecule has 0 radical (unpaired) electrons. The summed E-state index contributed by atoms with van der Waals surface area (Å²) in [6, 6.07) is 13.7. The van der Waals surface area contributed by atoms with Crippen molar-refractivity contribution in [3.8, 4) is 0 Å². The van der Waals surface area contributed by atoms with Crippen molar-refractivity contribution in [1.82, 2.24) is 9.62 Å². The van der Waals surface area contributed by atoms with Crippen molar-refractivity contribution in [3.63, 3.8) is 0 Å². The largest absolute Gasteiger partial charge is 0.467 e. The molecule has 0 aromatic heterocycles. The van der Waals surface area contributed by atoms with E-state index in [1.807, 2.05) is 50.2 Å². The molecule has 1 amide bonds. The molecule has 2 aromatic rings. The molecule has 1 fully saturated rings. The Balaban J connectivity index is 1.62. The minimum atomic E-state index is -3.60. The second-order valence-corrected chi connectivity index (χ2v) is 10.1. The summed E-state index contributed by atoms with van der Waals surface area (Å²) in [6.45, 7) is 4.34. The lowest BCUT2D eigenvalue weighted by atomic mass is 9.96. The number of amides is 1. The summed E-state index contributed by atoms with van der Waals surface area (Å²) in [5.74, 6) is -1.11. The molecule has 3 rings (SSSR count). The summed E-state index contributed by atoms with van der Waals surface area (Å²) in [6.07, 6.45) is 1.13. The van der Waals surface area contributed by atoms with Crippen molar-refractivity contribution in [2.45, 2.75) is 44.0 Å². The Morgan fingerprint density at radius 2 is 1.72 bits per heavy atom. The number of nitrogens with one attached hydrogen (secondary N) is 1. The molecule has 0 unspecified atom stereocenters. The van der Waals surface area contributed by atoms with Crippen molar-refractivity contribution >= 4 is 21.9 Å². The van der Waals surface area contributed by atoms with E-state index in [1.54, 1.807) is 12.1 Å². The third kappa shape index (κ3) is 5.55. The Morgan fingerprint density at radius 1 is 1.06 bits per heavy atom. The van der Waals surface area contributed by atoms with Gasteiger partial charge in [0.25, 0.3) is 0 Å². The number of rotatable bonds is 7. The normalized spacial score (nSPS) is 16.3. The zero-order valence-electron chi connectivity index (χ0n) is 18.7. The zero-order chi connectivity index (χ0) is 23.3. The predicted octanol–water partition coefficient (Wildman–Crippen LogP) is 2.60. The Kier molecular flexibility index (Phi) is 7.69. The molecule has 1 aliphatic heterocycles. The lowest BCUT2D eigenvalue weighted by Crippen LogP contribution is -2.48. The highest BCUT2D eigenvalue weighted by molar-refractivity contribution is 7.89. The van der Waals surface area contributed by atoms with Gasteiger partial charge in [-0.2, -0.15) is 4.31 Å². The Morgan fingerprint density at radius 3 is 2.31 bits per heavy atom. The number of carbonyl (C=O) groups is 2. The molecule has 0 spiro atoms. The van der Waals surface area contributed by atoms with Crippen LogP contribution in [0.15, 0.2) is 53.4 Å². The van der Waals surface area contributed by atoms with Gasteiger partial charge in [-0.05, 0) is 55.5 Å². The number of carbonyl (C=O) groups excluding carboxylic acids is 2. The van der Waals surface area contributed by atoms with Crippen LogP contribution < -0.4 is 5.32 Å². The minimum absolute atomic E-state index is 0.250. The molecule has 1 N–H and O–H groups in total. The van der Waals surface area contributed by atoms with Gasteiger partial charge in [0.1, 0.15) is 6.04 Å². The van der Waals surface area contributed by atoms with E-state index in [0.717, 1.165) is 16.7 Å². The summed E-state index contributed by atoms with van der Waals surface area (Å²) < 4.78 is 32.3. The molecule has 172 valence electrons. The quantitative estimate of drug-likeness (QED) is 0.644. The van der Waals surface area contributed by atoms with Crippen LogP contribution in [0.4, 0.5) is 0 Å². The summed E-state index contributed by atoms with van der Waals surface area (Å²) in [4.78, 5) is 25.3. The van der Waals surface area contributed by atoms with Crippen LogP contribution in [0, 0.1) is 19.8 Å². The lowest BCUT2D eigenvalue weighted by Gasteiger charge is -2.31. The number of sulfonamides is 1. The molecule has 2 aromatic carbocycles. The summed E-state index contributed by atoms with van der Waals surface area (Å²) in [5, 5.41) is 2.80. The number of ether oxygens (including phenoxy) is 1. The number of benzene rings is 2. The van der Waals surface area contributed by atoms with Gasteiger partial charge < -0.3 is 10.1 Å². The molecular weight excluding hydrogens is 428 g/mol. The van der Waals surface area contributed by atoms with Gasteiger partial charge in [-0.3, -0.25) is 4.79 Å². The maximum Gasteiger partial charge on any atom is 0.328 e. The first-order valence-electron chi connectivity index (χ1n) is 10.7. The summed E-state index contributed by atoms with van der Waals surface area (Å²) in [7, 11) is -2.31. The molecule has 1 heterocycles. The monoisotopic (exact) mass is 458 g/mol. The van der Waals surface area contributed by atoms with E-state index in [9.17, 15) is 18.0 Å². The average Bonchev–Trinajstić information content (AvgIpc) is 2.80. The Hall–Kier alpha value is -2.71. The molecule has 0 saturated carbocycles. The third-order valence-electron chi connectivity index (χ3n) is 6.03. The van der Waals surface area contributed by atoms with Crippen LogP contribution in [-0.2, 0) is 30.8 Å². The first-order chi connectivity index (χ1) is 15.2. The van der Waals surface area contributed by atoms with Crippen molar-refractivity contribution < 1.29 is 22.7 Å². The van der Waals surface area contributed by atoms with E-state index in [1.165, 1.54) is 11.4 Å². The second kappa shape index (κ2) is 10.3. The zero-order valence-corrected chi connectivity index (χ0v) is 19.5. The molecule has 1 atom stereocenters. The van der Waals surface area contributed by atoms with E-state index in [4.69, 9.17) is 4.74 Å². The molecule has 8 heteroatoms. The van der Waals surface area contributed by atoms with E-state index in [2.05, 4.69) is 5.32 Å². The van der Waals surface area contributed by atoms with Crippen LogP contribution in [0.5, 0.6) is 0 Å². The third-order valence-corrected chi connectivity index (χ3v) is 7.92. The van der Waals surface area contributed by atoms with Crippen molar-refractivity contribution in [1.29, 1.82) is 0 Å². The van der Waals surface area contributed by atoms with Gasteiger partial charge in [-0.25, -0.2) is 13.2 Å². The number of aryl methyl sites for hydroxylation is 2. The van der Waals surface area contributed by atoms with Crippen molar-refractivity contribution in [2.75, 3.05) is 20.2 Å². The van der Waals surface area contributed by atoms with Crippen molar-refractivity contribution in [3.05, 3.63) is 65.2 Å². The number of methoxy groups -OCH3 is 1. The van der Waals surface area contributed by atoms with Crippen LogP contribution in [0.1, 0.15) is 29.5 Å². The van der Waals surface area contributed by atoms with Crippen LogP contribution in [0.3, 0.4) is 0 Å². The number of esters is 1. The van der Waals surface area contributed by atoms with Crippen molar-refractivity contribution in [2.24, 2.45) is 5.92 Å². The first kappa shape index (κ1) is 23.9. The van der Waals surface area contributed by atoms with Gasteiger partial charge in [-0.1, -0.05) is 36.4 Å². The second-order valence-electron chi connectivity index (χ2n) is 8.20. The predicted molar refractivity (Wildman–Crippen MR) is 121 cm³/mol. The van der Waals surface area contributed by atoms with Gasteiger partial charge >= 0.3 is 5.97 Å². The first-order valence-corrected chi connectivity index (χ1v) is 12.2. The van der Waals surface area contributed by atoms with Crippen LogP contribution in [0.2, 0.25) is 0 Å². The topological polar surface area (TPSA) is 92.8 Å². The van der Waals surface area contributed by atoms with Gasteiger partial charge in [0.05, 0.1) is 12.0 Å². The van der Waals surface area contributed by atoms with Crippen LogP contribution in [-0.4, -0.2) is 50.8 Å². The number of piperidine rings is 1. The maximum atomic E-state index is 13.0. The van der Waals surface area contributed by atoms with E-state index in [0.29, 0.717) is 19.3 Å². The van der Waals surface area contributed by atoms with Gasteiger partial charge in [0, 0.05) is 25.4 Å². The Bertz CT molecular complexity index is 1060. The summed E-state index contributed by atoms with van der Waals surface area (Å²) in [5.41, 5.74) is 2.88. The molecule has 32 heavy (non-hydrogen) atoms. The highest BCUT2D eigenvalue weighted by atomic mass is 32.2. The SMILES string of the molecule is COC(=O)[C@@H](Cc1ccccc1)NC(=O)C1CCN(S(=O)(=O)c2ccc(C)c(C)c2)CC1. The van der Waals surface area contributed by atoms with Gasteiger partial charge in [-0.15, -0.1) is 0 Å². The molecule has 0 bridgehead atoms. The van der Waals surface area contributed by atoms with Crippen LogP contribution >= 0.6 is 0 Å². The van der Waals surface area contributed by atoms with E-state index in [-0.39, 0.29) is 29.8 Å². The fraction of sp³-hybridized carbons (Fsp3) is 0.417. The number of hydrogen-bond donors (Lipinski definition) is 1. The standard InChI is InChI=1S/C24H30N2O5S/c1-17-9-10-21(15-18(17)2)32(29,30)26-13-11-20(12-14-26)23(27)25-22(24(28)31-3)16-19-7-5-4-6-8-19/h4-10,15,20,22H,11-14,16H2,1-3H3,(H,25,27)/t22-/m1/s1. The highest BCUT2D eigenvalue weighted by Gasteiger charge is 2.33. The molecular formula is C24H30N2O5S. The van der Waals surface area contributed by atoms with E-state index >= 15 is 0 Å². The smallest absolute Gasteiger partial charge is 0.328 e. The molecule has 1 saturated heterocycles. The van der Waals surface area contributed by atoms with Gasteiger partial charge in [0.2, 0.25) is 15.9 Å². The Labute approximate surface area is 189 Å². The number of hydrogen-bond acceptors (Lipinski definition) is 5. The fourth-order valence-corrected chi connectivity index (χ4v) is 5.41. The van der Waals surface area contributed by atoms with E-state index < -0.39 is 22.0 Å². The fourth-order valence-electron chi connectivity index (χ4n) is 3.86. The maximum absolute atomic E-state index is 13.0. The van der Waals surface area contributed by atoms with Gasteiger partial charge in [0.15, 0.2) is 0 Å². The highest BCUT2D eigenvalue weighted by Crippen LogP contribution is 2.25.